The summed E-state index contributed by atoms with van der Waals surface area (Å²) in [5.41, 5.74) is 3.14. The average molecular weight is 476 g/mol. The van der Waals surface area contributed by atoms with Crippen LogP contribution < -0.4 is 10.1 Å². The molecule has 1 fully saturated rings. The number of fused-ring (bicyclic) bond motifs is 1. The molecule has 1 unspecified atom stereocenters. The van der Waals surface area contributed by atoms with Crippen LogP contribution in [0.15, 0.2) is 66.0 Å². The molecule has 4 aromatic rings. The predicted octanol–water partition coefficient (Wildman–Crippen LogP) is 2.88. The third-order valence-corrected chi connectivity index (χ3v) is 6.93. The summed E-state index contributed by atoms with van der Waals surface area (Å²) < 4.78 is 19.5. The lowest BCUT2D eigenvalue weighted by atomic mass is 10.1. The Hall–Kier alpha value is -3.56. The minimum Gasteiger partial charge on any atom is -0.497 e. The maximum Gasteiger partial charge on any atom is 0.254 e. The number of nitrogens with zero attached hydrogens (tertiary/aromatic N) is 4. The predicted molar refractivity (Wildman–Crippen MR) is 132 cm³/mol. The van der Waals surface area contributed by atoms with E-state index in [0.717, 1.165) is 40.9 Å². The van der Waals surface area contributed by atoms with Gasteiger partial charge in [0.2, 0.25) is 5.95 Å². The van der Waals surface area contributed by atoms with Gasteiger partial charge in [0.25, 0.3) is 5.91 Å². The van der Waals surface area contributed by atoms with Crippen LogP contribution in [-0.4, -0.2) is 69.1 Å². The fraction of sp³-hybridized carbons (Fsp3) is 0.240. The molecule has 1 N–H and O–H groups in total. The van der Waals surface area contributed by atoms with E-state index in [9.17, 15) is 9.00 Å². The van der Waals surface area contributed by atoms with Gasteiger partial charge in [-0.05, 0) is 29.8 Å². The van der Waals surface area contributed by atoms with E-state index in [1.165, 1.54) is 0 Å². The molecule has 1 aliphatic rings. The van der Waals surface area contributed by atoms with E-state index >= 15 is 0 Å². The van der Waals surface area contributed by atoms with E-state index < -0.39 is 10.8 Å². The molecule has 9 heteroatoms. The fourth-order valence-electron chi connectivity index (χ4n) is 4.17. The number of hydrogen-bond acceptors (Lipinski definition) is 6. The molecule has 8 nitrogen and oxygen atoms in total. The molecule has 2 aromatic carbocycles. The maximum atomic E-state index is 13.1. The summed E-state index contributed by atoms with van der Waals surface area (Å²) in [4.78, 5) is 24.8. The Bertz CT molecular complexity index is 1380. The molecule has 0 radical (unpaired) electrons. The smallest absolute Gasteiger partial charge is 0.254 e. The van der Waals surface area contributed by atoms with Crippen LogP contribution in [-0.2, 0) is 10.8 Å². The number of carbonyl (C=O) groups is 1. The number of benzene rings is 2. The highest BCUT2D eigenvalue weighted by atomic mass is 32.2. The first-order chi connectivity index (χ1) is 16.5. The number of piperazine rings is 1. The zero-order valence-corrected chi connectivity index (χ0v) is 19.8. The van der Waals surface area contributed by atoms with Gasteiger partial charge < -0.3 is 15.0 Å². The van der Waals surface area contributed by atoms with Crippen LogP contribution in [0.25, 0.3) is 28.0 Å². The van der Waals surface area contributed by atoms with Crippen molar-refractivity contribution < 1.29 is 13.7 Å². The summed E-state index contributed by atoms with van der Waals surface area (Å²) in [5.74, 6) is 1.19. The quantitative estimate of drug-likeness (QED) is 0.478. The van der Waals surface area contributed by atoms with Crippen LogP contribution >= 0.6 is 0 Å². The second-order valence-electron chi connectivity index (χ2n) is 8.10. The van der Waals surface area contributed by atoms with Crippen molar-refractivity contribution in [3.8, 4) is 22.8 Å². The van der Waals surface area contributed by atoms with Crippen molar-refractivity contribution in [3.05, 3.63) is 66.6 Å². The Morgan fingerprint density at radius 1 is 1.06 bits per heavy atom. The Morgan fingerprint density at radius 2 is 1.82 bits per heavy atom. The molecule has 1 aliphatic heterocycles. The monoisotopic (exact) mass is 475 g/mol. The number of aromatic nitrogens is 3. The number of amides is 1. The zero-order chi connectivity index (χ0) is 23.7. The average Bonchev–Trinajstić information content (AvgIpc) is 3.28. The van der Waals surface area contributed by atoms with Gasteiger partial charge in [0, 0.05) is 67.5 Å². The first-order valence-electron chi connectivity index (χ1n) is 11.0. The number of methoxy groups -OCH3 is 1. The van der Waals surface area contributed by atoms with Gasteiger partial charge in [0.15, 0.2) is 0 Å². The van der Waals surface area contributed by atoms with Crippen LogP contribution in [0, 0.1) is 0 Å². The van der Waals surface area contributed by atoms with Crippen molar-refractivity contribution in [2.45, 2.75) is 4.90 Å². The van der Waals surface area contributed by atoms with Crippen LogP contribution in [0.4, 0.5) is 0 Å². The van der Waals surface area contributed by atoms with E-state index in [4.69, 9.17) is 4.74 Å². The molecule has 2 aromatic heterocycles. The second kappa shape index (κ2) is 9.36. The second-order valence-corrected chi connectivity index (χ2v) is 9.44. The number of carbonyl (C=O) groups excluding carboxylic acids is 1. The van der Waals surface area contributed by atoms with Crippen LogP contribution in [0.5, 0.6) is 5.75 Å². The van der Waals surface area contributed by atoms with Crippen molar-refractivity contribution in [1.29, 1.82) is 0 Å². The van der Waals surface area contributed by atoms with Crippen LogP contribution in [0.1, 0.15) is 10.4 Å². The SMILES string of the molecule is COc1cccc(-c2cnc(-n3cc(S(C)=O)c4ccc(C(=O)N5CCNCC5)cc43)nc2)c1. The van der Waals surface area contributed by atoms with Gasteiger partial charge in [-0.1, -0.05) is 18.2 Å². The highest BCUT2D eigenvalue weighted by molar-refractivity contribution is 7.84. The van der Waals surface area contributed by atoms with Gasteiger partial charge in [-0.15, -0.1) is 0 Å². The largest absolute Gasteiger partial charge is 0.497 e. The molecule has 5 rings (SSSR count). The van der Waals surface area contributed by atoms with Crippen molar-refractivity contribution in [2.75, 3.05) is 39.5 Å². The van der Waals surface area contributed by atoms with Crippen molar-refractivity contribution in [3.63, 3.8) is 0 Å². The van der Waals surface area contributed by atoms with E-state index in [1.807, 2.05) is 41.3 Å². The molecule has 1 atom stereocenters. The number of rotatable bonds is 5. The molecule has 34 heavy (non-hydrogen) atoms. The van der Waals surface area contributed by atoms with Crippen molar-refractivity contribution in [2.24, 2.45) is 0 Å². The first-order valence-corrected chi connectivity index (χ1v) is 12.6. The van der Waals surface area contributed by atoms with Crippen molar-refractivity contribution in [1.82, 2.24) is 24.8 Å². The summed E-state index contributed by atoms with van der Waals surface area (Å²) in [7, 11) is 0.421. The standard InChI is InChI=1S/C25H25N5O3S/c1-33-20-5-3-4-17(12-20)19-14-27-25(28-15-19)30-16-23(34(2)32)21-7-6-18(13-22(21)30)24(31)29-10-8-26-9-11-29/h3-7,12-16,26H,8-11H2,1-2H3. The fourth-order valence-corrected chi connectivity index (χ4v) is 4.91. The number of ether oxygens (including phenoxy) is 1. The lowest BCUT2D eigenvalue weighted by molar-refractivity contribution is 0.0736. The summed E-state index contributed by atoms with van der Waals surface area (Å²) >= 11 is 0. The Kier molecular flexibility index (Phi) is 6.12. The minimum absolute atomic E-state index is 0.00962. The van der Waals surface area contributed by atoms with E-state index in [-0.39, 0.29) is 5.91 Å². The van der Waals surface area contributed by atoms with Crippen LogP contribution in [0.3, 0.4) is 0 Å². The molecule has 1 saturated heterocycles. The van der Waals surface area contributed by atoms with E-state index in [0.29, 0.717) is 29.5 Å². The molecule has 1 amide bonds. The molecule has 174 valence electrons. The third-order valence-electron chi connectivity index (χ3n) is 5.99. The van der Waals surface area contributed by atoms with Crippen LogP contribution in [0.2, 0.25) is 0 Å². The molecular weight excluding hydrogens is 450 g/mol. The van der Waals surface area contributed by atoms with Gasteiger partial charge in [-0.3, -0.25) is 13.6 Å². The Balaban J connectivity index is 1.55. The lowest BCUT2D eigenvalue weighted by Gasteiger charge is -2.27. The van der Waals surface area contributed by atoms with Gasteiger partial charge >= 0.3 is 0 Å². The summed E-state index contributed by atoms with van der Waals surface area (Å²) in [6.45, 7) is 2.93. The summed E-state index contributed by atoms with van der Waals surface area (Å²) in [6.07, 6.45) is 6.94. The molecule has 0 spiro atoms. The third kappa shape index (κ3) is 4.20. The summed E-state index contributed by atoms with van der Waals surface area (Å²) in [6, 6.07) is 13.2. The Labute approximate surface area is 200 Å². The van der Waals surface area contributed by atoms with Gasteiger partial charge in [0.05, 0.1) is 28.3 Å². The maximum absolute atomic E-state index is 13.1. The molecule has 0 bridgehead atoms. The number of nitrogens with one attached hydrogen (secondary N) is 1. The van der Waals surface area contributed by atoms with Gasteiger partial charge in [-0.2, -0.15) is 0 Å². The molecule has 0 saturated carbocycles. The van der Waals surface area contributed by atoms with E-state index in [2.05, 4.69) is 15.3 Å². The van der Waals surface area contributed by atoms with Gasteiger partial charge in [0.1, 0.15) is 5.75 Å². The minimum atomic E-state index is -1.21. The molecular formula is C25H25N5O3S. The zero-order valence-electron chi connectivity index (χ0n) is 19.0. The van der Waals surface area contributed by atoms with E-state index in [1.54, 1.807) is 42.6 Å². The normalized spacial score (nSPS) is 14.8. The number of hydrogen-bond donors (Lipinski definition) is 1. The first kappa shape index (κ1) is 22.2. The lowest BCUT2D eigenvalue weighted by Crippen LogP contribution is -2.46. The molecule has 0 aliphatic carbocycles. The summed E-state index contributed by atoms with van der Waals surface area (Å²) in [5, 5.41) is 4.08. The molecule has 3 heterocycles. The van der Waals surface area contributed by atoms with Crippen molar-refractivity contribution >= 4 is 27.6 Å². The van der Waals surface area contributed by atoms with Gasteiger partial charge in [-0.25, -0.2) is 9.97 Å². The topological polar surface area (TPSA) is 89.4 Å². The highest BCUT2D eigenvalue weighted by Crippen LogP contribution is 2.28. The Morgan fingerprint density at radius 3 is 2.53 bits per heavy atom. The highest BCUT2D eigenvalue weighted by Gasteiger charge is 2.21.